The van der Waals surface area contributed by atoms with Crippen LogP contribution in [0.4, 0.5) is 0 Å². The largest absolute Gasteiger partial charge is 0.485 e. The number of likely N-dealkylation sites (tertiary alicyclic amines) is 1. The Morgan fingerprint density at radius 2 is 2.05 bits per heavy atom. The molecule has 0 saturated carbocycles. The zero-order valence-electron chi connectivity index (χ0n) is 10.7. The molecular formula is C15H13BrN2O2. The van der Waals surface area contributed by atoms with Gasteiger partial charge in [0.2, 0.25) is 0 Å². The fourth-order valence-electron chi connectivity index (χ4n) is 2.09. The number of aromatic nitrogens is 1. The first-order chi connectivity index (χ1) is 9.74. The Kier molecular flexibility index (Phi) is 3.69. The highest BCUT2D eigenvalue weighted by Gasteiger charge is 2.33. The summed E-state index contributed by atoms with van der Waals surface area (Å²) >= 11 is 3.40. The lowest BCUT2D eigenvalue weighted by Gasteiger charge is -2.39. The van der Waals surface area contributed by atoms with Crippen LogP contribution >= 0.6 is 15.9 Å². The summed E-state index contributed by atoms with van der Waals surface area (Å²) in [5, 5.41) is 0. The van der Waals surface area contributed by atoms with Gasteiger partial charge in [0.15, 0.2) is 0 Å². The Bertz CT molecular complexity index is 612. The van der Waals surface area contributed by atoms with Crippen LogP contribution in [0.15, 0.2) is 53.3 Å². The Labute approximate surface area is 125 Å². The summed E-state index contributed by atoms with van der Waals surface area (Å²) in [5.41, 5.74) is 0.687. The van der Waals surface area contributed by atoms with E-state index in [-0.39, 0.29) is 12.0 Å². The smallest absolute Gasteiger partial charge is 0.255 e. The second-order valence-electron chi connectivity index (χ2n) is 4.62. The van der Waals surface area contributed by atoms with Gasteiger partial charge >= 0.3 is 0 Å². The molecule has 1 aliphatic heterocycles. The van der Waals surface area contributed by atoms with Gasteiger partial charge in [-0.1, -0.05) is 12.1 Å². The lowest BCUT2D eigenvalue weighted by atomic mass is 10.1. The third-order valence-electron chi connectivity index (χ3n) is 3.18. The number of amides is 1. The van der Waals surface area contributed by atoms with E-state index in [0.29, 0.717) is 18.7 Å². The van der Waals surface area contributed by atoms with Crippen LogP contribution < -0.4 is 4.74 Å². The van der Waals surface area contributed by atoms with E-state index in [1.54, 1.807) is 17.3 Å². The molecule has 0 spiro atoms. The maximum Gasteiger partial charge on any atom is 0.255 e. The topological polar surface area (TPSA) is 42.4 Å². The van der Waals surface area contributed by atoms with Crippen LogP contribution in [0.1, 0.15) is 10.4 Å². The van der Waals surface area contributed by atoms with Gasteiger partial charge in [-0.15, -0.1) is 0 Å². The summed E-state index contributed by atoms with van der Waals surface area (Å²) in [6, 6.07) is 11.1. The number of ether oxygens (including phenoxy) is 1. The van der Waals surface area contributed by atoms with Crippen molar-refractivity contribution in [1.29, 1.82) is 0 Å². The van der Waals surface area contributed by atoms with Gasteiger partial charge in [0.05, 0.1) is 24.8 Å². The Balaban J connectivity index is 1.58. The molecule has 1 saturated heterocycles. The molecule has 3 rings (SSSR count). The highest BCUT2D eigenvalue weighted by molar-refractivity contribution is 9.10. The van der Waals surface area contributed by atoms with Crippen molar-refractivity contribution in [3.8, 4) is 5.75 Å². The summed E-state index contributed by atoms with van der Waals surface area (Å²) in [5.74, 6) is 0.772. The van der Waals surface area contributed by atoms with Gasteiger partial charge in [0, 0.05) is 10.7 Å². The third kappa shape index (κ3) is 2.67. The maximum atomic E-state index is 12.3. The minimum atomic E-state index is 0.0310. The van der Waals surface area contributed by atoms with Crippen molar-refractivity contribution in [2.24, 2.45) is 0 Å². The van der Waals surface area contributed by atoms with E-state index >= 15 is 0 Å². The SMILES string of the molecule is O=C(c1ccccc1Br)N1CC(Oc2cccnc2)C1. The van der Waals surface area contributed by atoms with E-state index in [1.807, 2.05) is 36.4 Å². The van der Waals surface area contributed by atoms with Gasteiger partial charge in [0.25, 0.3) is 5.91 Å². The first-order valence-corrected chi connectivity index (χ1v) is 7.14. The van der Waals surface area contributed by atoms with Crippen LogP contribution in [0.5, 0.6) is 5.75 Å². The molecule has 0 N–H and O–H groups in total. The van der Waals surface area contributed by atoms with Crippen molar-refractivity contribution >= 4 is 21.8 Å². The number of rotatable bonds is 3. The van der Waals surface area contributed by atoms with Crippen molar-refractivity contribution in [2.75, 3.05) is 13.1 Å². The number of benzene rings is 1. The second-order valence-corrected chi connectivity index (χ2v) is 5.47. The molecule has 0 atom stereocenters. The zero-order valence-corrected chi connectivity index (χ0v) is 12.3. The monoisotopic (exact) mass is 332 g/mol. The summed E-state index contributed by atoms with van der Waals surface area (Å²) < 4.78 is 6.55. The highest BCUT2D eigenvalue weighted by atomic mass is 79.9. The van der Waals surface area contributed by atoms with Crippen LogP contribution in [0.25, 0.3) is 0 Å². The van der Waals surface area contributed by atoms with Crippen LogP contribution in [0, 0.1) is 0 Å². The van der Waals surface area contributed by atoms with Crippen molar-refractivity contribution in [2.45, 2.75) is 6.10 Å². The minimum absolute atomic E-state index is 0.0310. The van der Waals surface area contributed by atoms with E-state index in [0.717, 1.165) is 10.2 Å². The van der Waals surface area contributed by atoms with E-state index in [9.17, 15) is 4.79 Å². The Morgan fingerprint density at radius 3 is 2.75 bits per heavy atom. The molecule has 102 valence electrons. The van der Waals surface area contributed by atoms with Crippen LogP contribution in [-0.2, 0) is 0 Å². The fourth-order valence-corrected chi connectivity index (χ4v) is 2.55. The summed E-state index contributed by atoms with van der Waals surface area (Å²) in [6.45, 7) is 1.21. The Hall–Kier alpha value is -1.88. The lowest BCUT2D eigenvalue weighted by molar-refractivity contribution is 0.0176. The van der Waals surface area contributed by atoms with Gasteiger partial charge in [-0.3, -0.25) is 9.78 Å². The minimum Gasteiger partial charge on any atom is -0.485 e. The Morgan fingerprint density at radius 1 is 1.25 bits per heavy atom. The lowest BCUT2D eigenvalue weighted by Crippen LogP contribution is -2.56. The van der Waals surface area contributed by atoms with Crippen LogP contribution in [0.2, 0.25) is 0 Å². The predicted octanol–water partition coefficient (Wildman–Crippen LogP) is 2.75. The zero-order chi connectivity index (χ0) is 13.9. The maximum absolute atomic E-state index is 12.3. The summed E-state index contributed by atoms with van der Waals surface area (Å²) in [7, 11) is 0. The van der Waals surface area contributed by atoms with E-state index < -0.39 is 0 Å². The molecule has 0 bridgehead atoms. The quantitative estimate of drug-likeness (QED) is 0.867. The third-order valence-corrected chi connectivity index (χ3v) is 3.87. The first kappa shape index (κ1) is 13.1. The number of carbonyl (C=O) groups is 1. The molecule has 1 aromatic heterocycles. The number of hydrogen-bond acceptors (Lipinski definition) is 3. The van der Waals surface area contributed by atoms with Gasteiger partial charge in [-0.2, -0.15) is 0 Å². The molecular weight excluding hydrogens is 320 g/mol. The molecule has 1 aromatic carbocycles. The fraction of sp³-hybridized carbons (Fsp3) is 0.200. The normalized spacial score (nSPS) is 14.8. The molecule has 5 heteroatoms. The number of hydrogen-bond donors (Lipinski definition) is 0. The molecule has 1 aliphatic rings. The van der Waals surface area contributed by atoms with Gasteiger partial charge < -0.3 is 9.64 Å². The summed E-state index contributed by atoms with van der Waals surface area (Å²) in [6.07, 6.45) is 3.43. The average molecular weight is 333 g/mol. The molecule has 4 nitrogen and oxygen atoms in total. The summed E-state index contributed by atoms with van der Waals surface area (Å²) in [4.78, 5) is 18.1. The average Bonchev–Trinajstić information content (AvgIpc) is 2.43. The molecule has 0 radical (unpaired) electrons. The molecule has 1 fully saturated rings. The van der Waals surface area contributed by atoms with E-state index in [2.05, 4.69) is 20.9 Å². The van der Waals surface area contributed by atoms with Crippen molar-refractivity contribution < 1.29 is 9.53 Å². The van der Waals surface area contributed by atoms with Gasteiger partial charge in [-0.25, -0.2) is 0 Å². The molecule has 2 aromatic rings. The van der Waals surface area contributed by atoms with E-state index in [4.69, 9.17) is 4.74 Å². The molecule has 1 amide bonds. The highest BCUT2D eigenvalue weighted by Crippen LogP contribution is 2.22. The van der Waals surface area contributed by atoms with Gasteiger partial charge in [0.1, 0.15) is 11.9 Å². The van der Waals surface area contributed by atoms with Crippen molar-refractivity contribution in [1.82, 2.24) is 9.88 Å². The van der Waals surface area contributed by atoms with Crippen LogP contribution in [-0.4, -0.2) is 35.0 Å². The van der Waals surface area contributed by atoms with E-state index in [1.165, 1.54) is 0 Å². The molecule has 0 aliphatic carbocycles. The number of pyridine rings is 1. The molecule has 20 heavy (non-hydrogen) atoms. The molecule has 2 heterocycles. The van der Waals surface area contributed by atoms with Crippen molar-refractivity contribution in [3.05, 3.63) is 58.8 Å². The standard InChI is InChI=1S/C15H13BrN2O2/c16-14-6-2-1-5-13(14)15(19)18-9-12(10-18)20-11-4-3-7-17-8-11/h1-8,12H,9-10H2. The second kappa shape index (κ2) is 5.63. The first-order valence-electron chi connectivity index (χ1n) is 6.34. The number of halogens is 1. The van der Waals surface area contributed by atoms with Crippen molar-refractivity contribution in [3.63, 3.8) is 0 Å². The molecule has 0 unspecified atom stereocenters. The number of nitrogens with zero attached hydrogens (tertiary/aromatic N) is 2. The predicted molar refractivity (Wildman–Crippen MR) is 78.7 cm³/mol. The van der Waals surface area contributed by atoms with Gasteiger partial charge in [-0.05, 0) is 40.2 Å². The number of carbonyl (C=O) groups excluding carboxylic acids is 1. The van der Waals surface area contributed by atoms with Crippen LogP contribution in [0.3, 0.4) is 0 Å².